The monoisotopic (exact) mass is 380 g/mol. The van der Waals surface area contributed by atoms with Crippen LogP contribution in [0.1, 0.15) is 44.2 Å². The molecule has 0 saturated carbocycles. The second kappa shape index (κ2) is 5.69. The molecule has 1 spiro atoms. The summed E-state index contributed by atoms with van der Waals surface area (Å²) in [6, 6.07) is 7.95. The van der Waals surface area contributed by atoms with Gasteiger partial charge in [0.2, 0.25) is 0 Å². The largest absolute Gasteiger partial charge is 0.422 e. The standard InChI is InChI=1S/C22H24N2O4/c1-13-7-8-16-14(10-13)11-15-12-22(19(25)27-21(2,3)28-20(22)26)17-6-4-5-9-24(17)18(15)23-16/h7-8,10-11,17H,4-6,9,12H2,1-3H3/t17-/m1/s1. The second-order valence-corrected chi connectivity index (χ2v) is 8.70. The maximum Gasteiger partial charge on any atom is 0.329 e. The minimum absolute atomic E-state index is 0.272. The molecule has 1 aromatic carbocycles. The number of aryl methyl sites for hydroxylation is 1. The first-order valence-electron chi connectivity index (χ1n) is 9.94. The van der Waals surface area contributed by atoms with Crippen molar-refractivity contribution in [3.05, 3.63) is 35.4 Å². The summed E-state index contributed by atoms with van der Waals surface area (Å²) in [6.45, 7) is 6.01. The molecule has 28 heavy (non-hydrogen) atoms. The zero-order chi connectivity index (χ0) is 19.7. The number of cyclic esters (lactones) is 2. The van der Waals surface area contributed by atoms with Crippen molar-refractivity contribution in [1.29, 1.82) is 0 Å². The Hall–Kier alpha value is -2.63. The van der Waals surface area contributed by atoms with Crippen LogP contribution in [0, 0.1) is 12.3 Å². The van der Waals surface area contributed by atoms with E-state index >= 15 is 0 Å². The Labute approximate surface area is 163 Å². The molecule has 2 saturated heterocycles. The summed E-state index contributed by atoms with van der Waals surface area (Å²) < 4.78 is 11.2. The molecule has 3 aliphatic heterocycles. The molecule has 0 unspecified atom stereocenters. The normalized spacial score (nSPS) is 25.1. The molecule has 0 N–H and O–H groups in total. The van der Waals surface area contributed by atoms with E-state index in [0.29, 0.717) is 0 Å². The number of anilines is 1. The third-order valence-corrected chi connectivity index (χ3v) is 6.24. The fourth-order valence-electron chi connectivity index (χ4n) is 4.97. The van der Waals surface area contributed by atoms with E-state index in [2.05, 4.69) is 23.1 Å². The summed E-state index contributed by atoms with van der Waals surface area (Å²) in [5.41, 5.74) is 1.67. The third kappa shape index (κ3) is 2.36. The maximum absolute atomic E-state index is 13.2. The lowest BCUT2D eigenvalue weighted by Gasteiger charge is -2.52. The lowest BCUT2D eigenvalue weighted by Crippen LogP contribution is -2.67. The molecule has 2 aromatic rings. The van der Waals surface area contributed by atoms with Gasteiger partial charge in [0, 0.05) is 32.2 Å². The molecule has 5 rings (SSSR count). The van der Waals surface area contributed by atoms with Gasteiger partial charge in [-0.25, -0.2) is 4.98 Å². The number of esters is 2. The predicted octanol–water partition coefficient (Wildman–Crippen LogP) is 3.28. The van der Waals surface area contributed by atoms with Gasteiger partial charge in [0.05, 0.1) is 11.6 Å². The van der Waals surface area contributed by atoms with Gasteiger partial charge < -0.3 is 14.4 Å². The average molecular weight is 380 g/mol. The van der Waals surface area contributed by atoms with Crippen LogP contribution in [-0.2, 0) is 25.5 Å². The van der Waals surface area contributed by atoms with Crippen LogP contribution < -0.4 is 4.90 Å². The molecule has 0 bridgehead atoms. The number of benzene rings is 1. The summed E-state index contributed by atoms with van der Waals surface area (Å²) in [7, 11) is 0. The molecule has 3 aliphatic rings. The summed E-state index contributed by atoms with van der Waals surface area (Å²) >= 11 is 0. The van der Waals surface area contributed by atoms with Crippen molar-refractivity contribution in [2.75, 3.05) is 11.4 Å². The van der Waals surface area contributed by atoms with Crippen LogP contribution in [0.25, 0.3) is 10.9 Å². The molecule has 4 heterocycles. The topological polar surface area (TPSA) is 68.7 Å². The number of carbonyl (C=O) groups is 2. The quantitative estimate of drug-likeness (QED) is 0.516. The van der Waals surface area contributed by atoms with Gasteiger partial charge in [0.25, 0.3) is 5.79 Å². The lowest BCUT2D eigenvalue weighted by atomic mass is 9.68. The number of ether oxygens (including phenoxy) is 2. The summed E-state index contributed by atoms with van der Waals surface area (Å²) in [4.78, 5) is 33.5. The number of hydrogen-bond acceptors (Lipinski definition) is 6. The Morgan fingerprint density at radius 1 is 1.11 bits per heavy atom. The van der Waals surface area contributed by atoms with Crippen LogP contribution in [-0.4, -0.2) is 35.3 Å². The first kappa shape index (κ1) is 17.5. The molecule has 1 atom stereocenters. The summed E-state index contributed by atoms with van der Waals surface area (Å²) in [5, 5.41) is 1.02. The van der Waals surface area contributed by atoms with Crippen molar-refractivity contribution in [2.45, 2.75) is 58.3 Å². The zero-order valence-electron chi connectivity index (χ0n) is 16.4. The van der Waals surface area contributed by atoms with Crippen molar-refractivity contribution in [2.24, 2.45) is 5.41 Å². The molecule has 146 valence electrons. The van der Waals surface area contributed by atoms with Crippen molar-refractivity contribution in [3.63, 3.8) is 0 Å². The molecule has 0 aliphatic carbocycles. The SMILES string of the molecule is Cc1ccc2nc3c(cc2c1)CC1(C(=O)OC(C)(C)OC1=O)[C@H]1CCCCN31. The van der Waals surface area contributed by atoms with Crippen LogP contribution >= 0.6 is 0 Å². The van der Waals surface area contributed by atoms with E-state index in [1.165, 1.54) is 0 Å². The van der Waals surface area contributed by atoms with E-state index in [9.17, 15) is 9.59 Å². The highest BCUT2D eigenvalue weighted by atomic mass is 16.7. The number of nitrogens with zero attached hydrogens (tertiary/aromatic N) is 2. The number of carbonyl (C=O) groups excluding carboxylic acids is 2. The molecular formula is C22H24N2O4. The minimum atomic E-state index is -1.32. The molecule has 6 heteroatoms. The number of piperidine rings is 1. The van der Waals surface area contributed by atoms with Crippen molar-refractivity contribution >= 4 is 28.7 Å². The van der Waals surface area contributed by atoms with Crippen molar-refractivity contribution < 1.29 is 19.1 Å². The Bertz CT molecular complexity index is 993. The zero-order valence-corrected chi connectivity index (χ0v) is 16.4. The van der Waals surface area contributed by atoms with E-state index in [1.807, 2.05) is 13.0 Å². The predicted molar refractivity (Wildman–Crippen MR) is 104 cm³/mol. The fourth-order valence-corrected chi connectivity index (χ4v) is 4.97. The Kier molecular flexibility index (Phi) is 3.55. The molecule has 0 amide bonds. The van der Waals surface area contributed by atoms with Crippen LogP contribution in [0.2, 0.25) is 0 Å². The number of fused-ring (bicyclic) bond motifs is 5. The van der Waals surface area contributed by atoms with Gasteiger partial charge in [0.1, 0.15) is 5.82 Å². The van der Waals surface area contributed by atoms with E-state index < -0.39 is 23.1 Å². The number of pyridine rings is 1. The second-order valence-electron chi connectivity index (χ2n) is 8.70. The molecule has 2 fully saturated rings. The minimum Gasteiger partial charge on any atom is -0.422 e. The highest BCUT2D eigenvalue weighted by molar-refractivity contribution is 6.04. The highest BCUT2D eigenvalue weighted by Crippen LogP contribution is 2.49. The molecule has 1 aromatic heterocycles. The van der Waals surface area contributed by atoms with Crippen LogP contribution in [0.15, 0.2) is 24.3 Å². The molecule has 6 nitrogen and oxygen atoms in total. The van der Waals surface area contributed by atoms with Crippen LogP contribution in [0.3, 0.4) is 0 Å². The van der Waals surface area contributed by atoms with Gasteiger partial charge in [-0.2, -0.15) is 0 Å². The van der Waals surface area contributed by atoms with E-state index in [0.717, 1.165) is 53.7 Å². The molecule has 0 radical (unpaired) electrons. The van der Waals surface area contributed by atoms with Gasteiger partial charge in [-0.1, -0.05) is 11.6 Å². The van der Waals surface area contributed by atoms with E-state index in [-0.39, 0.29) is 12.5 Å². The Morgan fingerprint density at radius 2 is 1.86 bits per heavy atom. The average Bonchev–Trinajstić information content (AvgIpc) is 2.64. The number of aromatic nitrogens is 1. The van der Waals surface area contributed by atoms with E-state index in [4.69, 9.17) is 14.5 Å². The van der Waals surface area contributed by atoms with Gasteiger partial charge in [0.15, 0.2) is 5.41 Å². The van der Waals surface area contributed by atoms with Gasteiger partial charge in [-0.3, -0.25) is 9.59 Å². The number of rotatable bonds is 0. The highest BCUT2D eigenvalue weighted by Gasteiger charge is 2.64. The van der Waals surface area contributed by atoms with E-state index in [1.54, 1.807) is 13.8 Å². The maximum atomic E-state index is 13.2. The first-order chi connectivity index (χ1) is 13.3. The summed E-state index contributed by atoms with van der Waals surface area (Å²) in [6.07, 6.45) is 3.00. The van der Waals surface area contributed by atoms with Gasteiger partial charge in [-0.15, -0.1) is 0 Å². The lowest BCUT2D eigenvalue weighted by molar-refractivity contribution is -0.253. The van der Waals surface area contributed by atoms with Gasteiger partial charge in [-0.05, 0) is 49.9 Å². The van der Waals surface area contributed by atoms with Crippen molar-refractivity contribution in [1.82, 2.24) is 4.98 Å². The fraction of sp³-hybridized carbons (Fsp3) is 0.500. The third-order valence-electron chi connectivity index (χ3n) is 6.24. The molecular weight excluding hydrogens is 356 g/mol. The van der Waals surface area contributed by atoms with Crippen LogP contribution in [0.5, 0.6) is 0 Å². The smallest absolute Gasteiger partial charge is 0.329 e. The first-order valence-corrected chi connectivity index (χ1v) is 9.94. The summed E-state index contributed by atoms with van der Waals surface area (Å²) in [5.74, 6) is -1.28. The number of hydrogen-bond donors (Lipinski definition) is 0. The van der Waals surface area contributed by atoms with Crippen LogP contribution in [0.4, 0.5) is 5.82 Å². The Balaban J connectivity index is 1.70. The Morgan fingerprint density at radius 3 is 2.61 bits per heavy atom. The van der Waals surface area contributed by atoms with Crippen molar-refractivity contribution in [3.8, 4) is 0 Å². The van der Waals surface area contributed by atoms with Gasteiger partial charge >= 0.3 is 11.9 Å².